The van der Waals surface area contributed by atoms with E-state index < -0.39 is 0 Å². The van der Waals surface area contributed by atoms with E-state index >= 15 is 0 Å². The monoisotopic (exact) mass is 335 g/mol. The Morgan fingerprint density at radius 3 is 2.54 bits per heavy atom. The van der Waals surface area contributed by atoms with E-state index in [2.05, 4.69) is 27.5 Å². The van der Waals surface area contributed by atoms with Crippen molar-refractivity contribution in [3.8, 4) is 0 Å². The number of nitrogen functional groups attached to an aromatic ring is 1. The molecule has 0 saturated carbocycles. The lowest BCUT2D eigenvalue weighted by atomic mass is 10.2. The van der Waals surface area contributed by atoms with Crippen molar-refractivity contribution in [2.45, 2.75) is 24.4 Å². The number of imidazole rings is 1. The summed E-state index contributed by atoms with van der Waals surface area (Å²) in [7, 11) is 0. The fourth-order valence-corrected chi connectivity index (χ4v) is 3.75. The molecule has 4 aromatic rings. The van der Waals surface area contributed by atoms with Crippen LogP contribution in [-0.2, 0) is 12.3 Å². The minimum absolute atomic E-state index is 0.528. The zero-order valence-electron chi connectivity index (χ0n) is 13.3. The minimum Gasteiger partial charge on any atom is -0.383 e. The molecule has 6 heteroatoms. The molecule has 2 N–H and O–H groups in total. The Morgan fingerprint density at radius 1 is 0.958 bits per heavy atom. The van der Waals surface area contributed by atoms with Crippen molar-refractivity contribution in [1.29, 1.82) is 0 Å². The van der Waals surface area contributed by atoms with Crippen LogP contribution in [0, 0.1) is 0 Å². The smallest absolute Gasteiger partial charge is 0.169 e. The van der Waals surface area contributed by atoms with Crippen molar-refractivity contribution in [2.24, 2.45) is 0 Å². The van der Waals surface area contributed by atoms with Gasteiger partial charge in [0.05, 0.1) is 22.3 Å². The first-order chi connectivity index (χ1) is 11.8. The highest BCUT2D eigenvalue weighted by Crippen LogP contribution is 2.27. The van der Waals surface area contributed by atoms with Gasteiger partial charge in [-0.2, -0.15) is 0 Å². The predicted molar refractivity (Wildman–Crippen MR) is 98.9 cm³/mol. The van der Waals surface area contributed by atoms with Gasteiger partial charge in [0.25, 0.3) is 0 Å². The van der Waals surface area contributed by atoms with Crippen LogP contribution in [0.3, 0.4) is 0 Å². The van der Waals surface area contributed by atoms with Crippen molar-refractivity contribution >= 4 is 39.5 Å². The van der Waals surface area contributed by atoms with Crippen LogP contribution >= 0.6 is 11.8 Å². The van der Waals surface area contributed by atoms with Crippen molar-refractivity contribution < 1.29 is 0 Å². The number of aryl methyl sites for hydroxylation is 1. The summed E-state index contributed by atoms with van der Waals surface area (Å²) < 4.78 is 2.21. The summed E-state index contributed by atoms with van der Waals surface area (Å²) in [6, 6.07) is 16.0. The Balaban J connectivity index is 1.65. The van der Waals surface area contributed by atoms with Crippen LogP contribution < -0.4 is 5.73 Å². The SMILES string of the molecule is CCn1c(SCc2nc(N)c3ccccc3n2)nc2ccccc21. The topological polar surface area (TPSA) is 69.6 Å². The van der Waals surface area contributed by atoms with Gasteiger partial charge < -0.3 is 10.3 Å². The van der Waals surface area contributed by atoms with Crippen LogP contribution in [0.25, 0.3) is 21.9 Å². The standard InChI is InChI=1S/C18H17N5S/c1-2-23-15-10-6-5-9-14(15)21-18(23)24-11-16-20-13-8-4-3-7-12(13)17(19)22-16/h3-10H,2,11H2,1H3,(H2,19,20,22). The maximum absolute atomic E-state index is 6.06. The third-order valence-electron chi connectivity index (χ3n) is 3.95. The highest BCUT2D eigenvalue weighted by atomic mass is 32.2. The molecule has 0 amide bonds. The average molecular weight is 335 g/mol. The molecule has 0 atom stereocenters. The molecule has 2 heterocycles. The number of thioether (sulfide) groups is 1. The molecule has 0 radical (unpaired) electrons. The summed E-state index contributed by atoms with van der Waals surface area (Å²) in [6.45, 7) is 3.01. The van der Waals surface area contributed by atoms with Crippen molar-refractivity contribution in [3.05, 3.63) is 54.4 Å². The minimum atomic E-state index is 0.528. The first kappa shape index (κ1) is 15.0. The van der Waals surface area contributed by atoms with Gasteiger partial charge >= 0.3 is 0 Å². The van der Waals surface area contributed by atoms with E-state index in [1.54, 1.807) is 11.8 Å². The molecule has 2 aromatic heterocycles. The lowest BCUT2D eigenvalue weighted by Gasteiger charge is -2.07. The molecule has 0 aliphatic rings. The Hall–Kier alpha value is -2.60. The number of aromatic nitrogens is 4. The van der Waals surface area contributed by atoms with Crippen molar-refractivity contribution in [2.75, 3.05) is 5.73 Å². The van der Waals surface area contributed by atoms with Crippen LogP contribution in [0.4, 0.5) is 5.82 Å². The molecule has 0 fully saturated rings. The lowest BCUT2D eigenvalue weighted by molar-refractivity contribution is 0.702. The summed E-state index contributed by atoms with van der Waals surface area (Å²) in [5.74, 6) is 1.89. The van der Waals surface area contributed by atoms with E-state index in [0.717, 1.165) is 39.5 Å². The molecular weight excluding hydrogens is 318 g/mol. The van der Waals surface area contributed by atoms with Gasteiger partial charge in [0.1, 0.15) is 11.6 Å². The zero-order valence-corrected chi connectivity index (χ0v) is 14.1. The molecule has 5 nitrogen and oxygen atoms in total. The Bertz CT molecular complexity index is 1020. The predicted octanol–water partition coefficient (Wildman–Crippen LogP) is 3.87. The molecule has 24 heavy (non-hydrogen) atoms. The molecule has 4 rings (SSSR count). The number of hydrogen-bond donors (Lipinski definition) is 1. The number of rotatable bonds is 4. The maximum atomic E-state index is 6.06. The number of benzene rings is 2. The molecule has 0 spiro atoms. The van der Waals surface area contributed by atoms with Gasteiger partial charge in [-0.15, -0.1) is 0 Å². The molecule has 0 unspecified atom stereocenters. The summed E-state index contributed by atoms with van der Waals surface area (Å²) in [5.41, 5.74) is 9.11. The summed E-state index contributed by atoms with van der Waals surface area (Å²) in [4.78, 5) is 13.8. The van der Waals surface area contributed by atoms with Crippen LogP contribution in [0.5, 0.6) is 0 Å². The van der Waals surface area contributed by atoms with Crippen LogP contribution in [0.2, 0.25) is 0 Å². The second-order valence-electron chi connectivity index (χ2n) is 5.46. The second kappa shape index (κ2) is 6.13. The normalized spacial score (nSPS) is 11.4. The fourth-order valence-electron chi connectivity index (χ4n) is 2.81. The van der Waals surface area contributed by atoms with E-state index in [1.807, 2.05) is 42.5 Å². The average Bonchev–Trinajstić information content (AvgIpc) is 2.97. The third kappa shape index (κ3) is 2.59. The first-order valence-corrected chi connectivity index (χ1v) is 8.84. The first-order valence-electron chi connectivity index (χ1n) is 7.85. The van der Waals surface area contributed by atoms with Gasteiger partial charge in [-0.05, 0) is 31.2 Å². The molecule has 0 aliphatic carbocycles. The van der Waals surface area contributed by atoms with Gasteiger partial charge in [-0.3, -0.25) is 0 Å². The maximum Gasteiger partial charge on any atom is 0.169 e. The molecule has 0 aliphatic heterocycles. The number of nitrogens with zero attached hydrogens (tertiary/aromatic N) is 4. The van der Waals surface area contributed by atoms with E-state index in [-0.39, 0.29) is 0 Å². The number of nitrogens with two attached hydrogens (primary N) is 1. The lowest BCUT2D eigenvalue weighted by Crippen LogP contribution is -2.01. The quantitative estimate of drug-likeness (QED) is 0.573. The Morgan fingerprint density at radius 2 is 1.71 bits per heavy atom. The Labute approximate surface area is 143 Å². The number of fused-ring (bicyclic) bond motifs is 2. The highest BCUT2D eigenvalue weighted by Gasteiger charge is 2.11. The number of para-hydroxylation sites is 3. The van der Waals surface area contributed by atoms with E-state index in [0.29, 0.717) is 11.6 Å². The Kier molecular flexibility index (Phi) is 3.82. The largest absolute Gasteiger partial charge is 0.383 e. The number of hydrogen-bond acceptors (Lipinski definition) is 5. The van der Waals surface area contributed by atoms with Gasteiger partial charge in [0, 0.05) is 11.9 Å². The summed E-state index contributed by atoms with van der Waals surface area (Å²) >= 11 is 1.64. The van der Waals surface area contributed by atoms with Gasteiger partial charge in [-0.1, -0.05) is 36.0 Å². The van der Waals surface area contributed by atoms with E-state index in [1.165, 1.54) is 0 Å². The van der Waals surface area contributed by atoms with Gasteiger partial charge in [0.2, 0.25) is 0 Å². The van der Waals surface area contributed by atoms with E-state index in [4.69, 9.17) is 10.7 Å². The molecule has 0 saturated heterocycles. The van der Waals surface area contributed by atoms with Crippen LogP contribution in [-0.4, -0.2) is 19.5 Å². The van der Waals surface area contributed by atoms with Crippen molar-refractivity contribution in [1.82, 2.24) is 19.5 Å². The van der Waals surface area contributed by atoms with Crippen LogP contribution in [0.1, 0.15) is 12.7 Å². The van der Waals surface area contributed by atoms with Crippen LogP contribution in [0.15, 0.2) is 53.7 Å². The van der Waals surface area contributed by atoms with E-state index in [9.17, 15) is 0 Å². The molecule has 0 bridgehead atoms. The summed E-state index contributed by atoms with van der Waals surface area (Å²) in [5, 5.41) is 1.88. The van der Waals surface area contributed by atoms with Gasteiger partial charge in [0.15, 0.2) is 5.16 Å². The highest BCUT2D eigenvalue weighted by molar-refractivity contribution is 7.98. The molecule has 120 valence electrons. The molecular formula is C18H17N5S. The van der Waals surface area contributed by atoms with Gasteiger partial charge in [-0.25, -0.2) is 15.0 Å². The second-order valence-corrected chi connectivity index (χ2v) is 6.40. The molecule has 2 aromatic carbocycles. The fraction of sp³-hybridized carbons (Fsp3) is 0.167. The zero-order chi connectivity index (χ0) is 16.5. The summed E-state index contributed by atoms with van der Waals surface area (Å²) in [6.07, 6.45) is 0. The third-order valence-corrected chi connectivity index (χ3v) is 4.92. The van der Waals surface area contributed by atoms with Crippen molar-refractivity contribution in [3.63, 3.8) is 0 Å². The number of anilines is 1.